The minimum atomic E-state index is -0.512. The Bertz CT molecular complexity index is 1150. The summed E-state index contributed by atoms with van der Waals surface area (Å²) in [6, 6.07) is 20.3. The van der Waals surface area contributed by atoms with Gasteiger partial charge in [-0.3, -0.25) is 4.79 Å². The van der Waals surface area contributed by atoms with Gasteiger partial charge in [0.2, 0.25) is 0 Å². The van der Waals surface area contributed by atoms with Gasteiger partial charge in [0.1, 0.15) is 6.10 Å². The molecule has 1 N–H and O–H groups in total. The first kappa shape index (κ1) is 24.4. The summed E-state index contributed by atoms with van der Waals surface area (Å²) >= 11 is 0. The second-order valence-corrected chi connectivity index (χ2v) is 10.2. The van der Waals surface area contributed by atoms with Gasteiger partial charge in [0.05, 0.1) is 23.0 Å². The van der Waals surface area contributed by atoms with E-state index in [9.17, 15) is 4.79 Å². The lowest BCUT2D eigenvalue weighted by atomic mass is 9.72. The van der Waals surface area contributed by atoms with Crippen LogP contribution in [0.5, 0.6) is 0 Å². The van der Waals surface area contributed by atoms with Crippen LogP contribution in [0.1, 0.15) is 62.6 Å². The summed E-state index contributed by atoms with van der Waals surface area (Å²) < 4.78 is 8.02. The number of esters is 1. The molecular formula is C30H36N4O2. The van der Waals surface area contributed by atoms with Crippen LogP contribution < -0.4 is 5.32 Å². The molecule has 2 aliphatic carbocycles. The SMILES string of the molecule is C=C1CC(OC(=O)C2(c3ccccc3)CCCCCC2)C1CCNCc1cn(-c2ccccc2)nn1. The Morgan fingerprint density at radius 1 is 1.03 bits per heavy atom. The van der Waals surface area contributed by atoms with Crippen LogP contribution in [0.2, 0.25) is 0 Å². The van der Waals surface area contributed by atoms with E-state index >= 15 is 0 Å². The summed E-state index contributed by atoms with van der Waals surface area (Å²) in [4.78, 5) is 13.7. The normalized spacial score (nSPS) is 21.4. The smallest absolute Gasteiger partial charge is 0.316 e. The second-order valence-electron chi connectivity index (χ2n) is 10.2. The van der Waals surface area contributed by atoms with Gasteiger partial charge in [-0.15, -0.1) is 5.10 Å². The third kappa shape index (κ3) is 5.29. The number of benzene rings is 2. The average Bonchev–Trinajstić information content (AvgIpc) is 3.24. The zero-order valence-corrected chi connectivity index (χ0v) is 20.9. The number of carbonyl (C=O) groups excluding carboxylic acids is 1. The lowest BCUT2D eigenvalue weighted by molar-refractivity contribution is -0.162. The molecule has 6 nitrogen and oxygen atoms in total. The second kappa shape index (κ2) is 11.2. The number of nitrogens with one attached hydrogen (secondary N) is 1. The van der Waals surface area contributed by atoms with E-state index < -0.39 is 5.41 Å². The number of aromatic nitrogens is 3. The van der Waals surface area contributed by atoms with E-state index in [1.165, 1.54) is 18.4 Å². The fourth-order valence-electron chi connectivity index (χ4n) is 5.68. The number of hydrogen-bond donors (Lipinski definition) is 1. The number of para-hydroxylation sites is 1. The standard InChI is InChI=1S/C30H36N4O2/c1-23-20-28(36-29(35)30(17-10-2-3-11-18-30)24-12-6-4-7-13-24)27(23)16-19-31-21-25-22-34(33-32-25)26-14-8-5-9-15-26/h4-9,12-15,22,27-28,31H,1-3,10-11,16-21H2. The van der Waals surface area contributed by atoms with E-state index in [0.717, 1.165) is 62.0 Å². The quantitative estimate of drug-likeness (QED) is 0.187. The molecule has 0 aliphatic heterocycles. The average molecular weight is 485 g/mol. The fourth-order valence-corrected chi connectivity index (χ4v) is 5.68. The molecule has 2 saturated carbocycles. The molecule has 2 aliphatic rings. The molecule has 2 fully saturated rings. The highest BCUT2D eigenvalue weighted by molar-refractivity contribution is 5.83. The van der Waals surface area contributed by atoms with Gasteiger partial charge in [0.25, 0.3) is 0 Å². The highest BCUT2D eigenvalue weighted by Crippen LogP contribution is 2.43. The van der Waals surface area contributed by atoms with E-state index in [1.54, 1.807) is 4.68 Å². The molecule has 0 bridgehead atoms. The summed E-state index contributed by atoms with van der Waals surface area (Å²) in [5.41, 5.74) is 3.67. The molecule has 36 heavy (non-hydrogen) atoms. The van der Waals surface area contributed by atoms with Crippen molar-refractivity contribution in [2.24, 2.45) is 5.92 Å². The first-order chi connectivity index (χ1) is 17.7. The van der Waals surface area contributed by atoms with Crippen molar-refractivity contribution in [3.05, 3.63) is 90.3 Å². The monoisotopic (exact) mass is 484 g/mol. The van der Waals surface area contributed by atoms with Crippen molar-refractivity contribution in [3.63, 3.8) is 0 Å². The summed E-state index contributed by atoms with van der Waals surface area (Å²) in [6.45, 7) is 5.68. The van der Waals surface area contributed by atoms with Gasteiger partial charge in [0.15, 0.2) is 0 Å². The van der Waals surface area contributed by atoms with Crippen molar-refractivity contribution < 1.29 is 9.53 Å². The lowest BCUT2D eigenvalue weighted by Gasteiger charge is -2.41. The van der Waals surface area contributed by atoms with Gasteiger partial charge in [0, 0.05) is 18.9 Å². The van der Waals surface area contributed by atoms with Crippen molar-refractivity contribution in [2.75, 3.05) is 6.54 Å². The van der Waals surface area contributed by atoms with E-state index in [2.05, 4.69) is 34.3 Å². The molecule has 5 rings (SSSR count). The molecule has 0 amide bonds. The highest BCUT2D eigenvalue weighted by atomic mass is 16.5. The van der Waals surface area contributed by atoms with Crippen LogP contribution >= 0.6 is 0 Å². The zero-order valence-electron chi connectivity index (χ0n) is 20.9. The summed E-state index contributed by atoms with van der Waals surface area (Å²) in [7, 11) is 0. The molecule has 1 heterocycles. The number of ether oxygens (including phenoxy) is 1. The molecule has 188 valence electrons. The first-order valence-corrected chi connectivity index (χ1v) is 13.3. The number of nitrogens with zero attached hydrogens (tertiary/aromatic N) is 3. The summed E-state index contributed by atoms with van der Waals surface area (Å²) in [6.07, 6.45) is 9.81. The predicted octanol–water partition coefficient (Wildman–Crippen LogP) is 5.53. The third-order valence-electron chi connectivity index (χ3n) is 7.87. The molecule has 1 aromatic heterocycles. The van der Waals surface area contributed by atoms with Crippen LogP contribution in [0.3, 0.4) is 0 Å². The third-order valence-corrected chi connectivity index (χ3v) is 7.87. The Morgan fingerprint density at radius 3 is 2.42 bits per heavy atom. The molecule has 3 aromatic rings. The molecule has 0 spiro atoms. The van der Waals surface area contributed by atoms with Gasteiger partial charge in [-0.25, -0.2) is 4.68 Å². The van der Waals surface area contributed by atoms with E-state index in [4.69, 9.17) is 4.74 Å². The number of hydrogen-bond acceptors (Lipinski definition) is 5. The Hall–Kier alpha value is -3.25. The largest absolute Gasteiger partial charge is 0.461 e. The van der Waals surface area contributed by atoms with E-state index in [0.29, 0.717) is 6.54 Å². The predicted molar refractivity (Wildman–Crippen MR) is 141 cm³/mol. The molecule has 0 radical (unpaired) electrons. The van der Waals surface area contributed by atoms with E-state index in [-0.39, 0.29) is 18.0 Å². The molecule has 2 atom stereocenters. The van der Waals surface area contributed by atoms with Gasteiger partial charge in [-0.2, -0.15) is 0 Å². The molecule has 2 aromatic carbocycles. The van der Waals surface area contributed by atoms with Crippen molar-refractivity contribution in [1.29, 1.82) is 0 Å². The van der Waals surface area contributed by atoms with Crippen LogP contribution in [0.25, 0.3) is 5.69 Å². The van der Waals surface area contributed by atoms with Gasteiger partial charge >= 0.3 is 5.97 Å². The molecule has 6 heteroatoms. The first-order valence-electron chi connectivity index (χ1n) is 13.3. The minimum Gasteiger partial charge on any atom is -0.461 e. The van der Waals surface area contributed by atoms with Crippen LogP contribution in [0, 0.1) is 5.92 Å². The Kier molecular flexibility index (Phi) is 7.61. The molecule has 0 saturated heterocycles. The zero-order chi connectivity index (χ0) is 24.8. The molecular weight excluding hydrogens is 448 g/mol. The Morgan fingerprint density at radius 2 is 1.72 bits per heavy atom. The Labute approximate surface area is 213 Å². The van der Waals surface area contributed by atoms with Crippen LogP contribution in [0.4, 0.5) is 0 Å². The maximum atomic E-state index is 13.7. The summed E-state index contributed by atoms with van der Waals surface area (Å²) in [5, 5.41) is 12.0. The Balaban J connectivity index is 1.15. The number of rotatable bonds is 9. The van der Waals surface area contributed by atoms with Crippen molar-refractivity contribution >= 4 is 5.97 Å². The van der Waals surface area contributed by atoms with Gasteiger partial charge < -0.3 is 10.1 Å². The van der Waals surface area contributed by atoms with Crippen LogP contribution in [-0.2, 0) is 21.5 Å². The maximum Gasteiger partial charge on any atom is 0.316 e. The van der Waals surface area contributed by atoms with Crippen molar-refractivity contribution in [3.8, 4) is 5.69 Å². The topological polar surface area (TPSA) is 69.0 Å². The maximum absolute atomic E-state index is 13.7. The fraction of sp³-hybridized carbons (Fsp3) is 0.433. The lowest BCUT2D eigenvalue weighted by Crippen LogP contribution is -2.45. The van der Waals surface area contributed by atoms with Crippen molar-refractivity contribution in [2.45, 2.75) is 69.4 Å². The van der Waals surface area contributed by atoms with Crippen molar-refractivity contribution in [1.82, 2.24) is 20.3 Å². The minimum absolute atomic E-state index is 0.0383. The van der Waals surface area contributed by atoms with Crippen LogP contribution in [-0.4, -0.2) is 33.6 Å². The van der Waals surface area contributed by atoms with Gasteiger partial charge in [-0.05, 0) is 43.5 Å². The number of carbonyl (C=O) groups is 1. The van der Waals surface area contributed by atoms with E-state index in [1.807, 2.05) is 54.7 Å². The van der Waals surface area contributed by atoms with Crippen LogP contribution in [0.15, 0.2) is 79.0 Å². The molecule has 2 unspecified atom stereocenters. The summed E-state index contributed by atoms with van der Waals surface area (Å²) in [5.74, 6) is 0.170. The van der Waals surface area contributed by atoms with Gasteiger partial charge in [-0.1, -0.05) is 91.6 Å². The highest BCUT2D eigenvalue weighted by Gasteiger charge is 2.45.